The fourth-order valence-corrected chi connectivity index (χ4v) is 4.05. The number of fused-ring (bicyclic) bond motifs is 2. The lowest BCUT2D eigenvalue weighted by Crippen LogP contribution is -2.32. The molecule has 1 aromatic carbocycles. The van der Waals surface area contributed by atoms with E-state index in [0.717, 1.165) is 35.6 Å². The molecule has 1 atom stereocenters. The van der Waals surface area contributed by atoms with E-state index >= 15 is 0 Å². The van der Waals surface area contributed by atoms with Gasteiger partial charge in [0.2, 0.25) is 5.91 Å². The number of anilines is 1. The van der Waals surface area contributed by atoms with Crippen molar-refractivity contribution in [1.29, 1.82) is 0 Å². The Balaban J connectivity index is 1.47. The van der Waals surface area contributed by atoms with Crippen LogP contribution in [0.3, 0.4) is 0 Å². The summed E-state index contributed by atoms with van der Waals surface area (Å²) in [5, 5.41) is 11.4. The summed E-state index contributed by atoms with van der Waals surface area (Å²) >= 11 is 0. The molecule has 0 saturated carbocycles. The predicted octanol–water partition coefficient (Wildman–Crippen LogP) is 2.59. The fourth-order valence-electron chi connectivity index (χ4n) is 4.05. The van der Waals surface area contributed by atoms with E-state index in [0.29, 0.717) is 24.9 Å². The summed E-state index contributed by atoms with van der Waals surface area (Å²) in [7, 11) is 0. The molecule has 2 aliphatic rings. The van der Waals surface area contributed by atoms with Gasteiger partial charge in [-0.2, -0.15) is 0 Å². The summed E-state index contributed by atoms with van der Waals surface area (Å²) in [4.78, 5) is 26.6. The maximum absolute atomic E-state index is 13.2. The quantitative estimate of drug-likeness (QED) is 0.761. The Labute approximate surface area is 156 Å². The molecule has 2 amide bonds. The number of amides is 2. The van der Waals surface area contributed by atoms with Gasteiger partial charge in [0, 0.05) is 30.4 Å². The molecule has 1 fully saturated rings. The van der Waals surface area contributed by atoms with Gasteiger partial charge in [0.1, 0.15) is 0 Å². The second-order valence-corrected chi connectivity index (χ2v) is 7.06. The molecule has 1 N–H and O–H groups in total. The summed E-state index contributed by atoms with van der Waals surface area (Å²) < 4.78 is 1.96. The van der Waals surface area contributed by atoms with E-state index in [2.05, 4.69) is 15.5 Å². The number of hydrogen-bond donors (Lipinski definition) is 1. The lowest BCUT2D eigenvalue weighted by Gasteiger charge is -2.24. The standard InChI is InChI=1S/C20H19N5O2/c26-18-9-7-13-12-14(6-8-15(13)21-18)20(27)24-11-3-4-16(24)19-23-22-17-5-1-2-10-25(17)19/h1-2,5-6,8,10,12,16H,3-4,7,9,11H2,(H,21,26). The average Bonchev–Trinajstić information content (AvgIpc) is 3.33. The van der Waals surface area contributed by atoms with Crippen molar-refractivity contribution < 1.29 is 9.59 Å². The van der Waals surface area contributed by atoms with Crippen LogP contribution in [0.2, 0.25) is 0 Å². The number of carbonyl (C=O) groups is 2. The third kappa shape index (κ3) is 2.66. The Morgan fingerprint density at radius 2 is 2.07 bits per heavy atom. The normalized spacial score (nSPS) is 19.2. The summed E-state index contributed by atoms with van der Waals surface area (Å²) in [6.45, 7) is 0.707. The topological polar surface area (TPSA) is 79.6 Å². The van der Waals surface area contributed by atoms with E-state index < -0.39 is 0 Å². The number of aryl methyl sites for hydroxylation is 1. The van der Waals surface area contributed by atoms with Gasteiger partial charge >= 0.3 is 0 Å². The van der Waals surface area contributed by atoms with Crippen molar-refractivity contribution in [2.45, 2.75) is 31.7 Å². The molecule has 7 nitrogen and oxygen atoms in total. The van der Waals surface area contributed by atoms with Gasteiger partial charge in [-0.15, -0.1) is 10.2 Å². The number of benzene rings is 1. The number of carbonyl (C=O) groups excluding carboxylic acids is 2. The van der Waals surface area contributed by atoms with Gasteiger partial charge in [0.25, 0.3) is 5.91 Å². The minimum atomic E-state index is -0.0781. The fraction of sp³-hybridized carbons (Fsp3) is 0.300. The Morgan fingerprint density at radius 3 is 3.00 bits per heavy atom. The molecular weight excluding hydrogens is 342 g/mol. The molecule has 7 heteroatoms. The first-order valence-corrected chi connectivity index (χ1v) is 9.24. The maximum atomic E-state index is 13.2. The lowest BCUT2D eigenvalue weighted by atomic mass is 10.00. The van der Waals surface area contributed by atoms with Crippen LogP contribution in [0.1, 0.15) is 47.1 Å². The highest BCUT2D eigenvalue weighted by Gasteiger charge is 2.34. The van der Waals surface area contributed by atoms with Gasteiger partial charge in [-0.25, -0.2) is 0 Å². The highest BCUT2D eigenvalue weighted by atomic mass is 16.2. The van der Waals surface area contributed by atoms with Crippen LogP contribution in [-0.2, 0) is 11.2 Å². The first-order chi connectivity index (χ1) is 13.2. The Hall–Kier alpha value is -3.22. The number of rotatable bonds is 2. The number of likely N-dealkylation sites (tertiary alicyclic amines) is 1. The summed E-state index contributed by atoms with van der Waals surface area (Å²) in [5.41, 5.74) is 3.27. The molecule has 2 aromatic heterocycles. The van der Waals surface area contributed by atoms with Crippen molar-refractivity contribution in [1.82, 2.24) is 19.5 Å². The van der Waals surface area contributed by atoms with Gasteiger partial charge in [-0.1, -0.05) is 6.07 Å². The number of hydrogen-bond acceptors (Lipinski definition) is 4. The molecule has 1 unspecified atom stereocenters. The smallest absolute Gasteiger partial charge is 0.254 e. The largest absolute Gasteiger partial charge is 0.328 e. The van der Waals surface area contributed by atoms with Crippen molar-refractivity contribution >= 4 is 23.1 Å². The zero-order valence-electron chi connectivity index (χ0n) is 14.8. The van der Waals surface area contributed by atoms with Crippen molar-refractivity contribution in [3.63, 3.8) is 0 Å². The number of nitrogens with zero attached hydrogens (tertiary/aromatic N) is 4. The van der Waals surface area contributed by atoms with E-state index in [1.54, 1.807) is 6.07 Å². The maximum Gasteiger partial charge on any atom is 0.254 e. The van der Waals surface area contributed by atoms with E-state index in [1.807, 2.05) is 45.8 Å². The minimum absolute atomic E-state index is 0.00452. The second-order valence-electron chi connectivity index (χ2n) is 7.06. The molecular formula is C20H19N5O2. The molecule has 2 aliphatic heterocycles. The molecule has 5 rings (SSSR count). The summed E-state index contributed by atoms with van der Waals surface area (Å²) in [6, 6.07) is 11.2. The van der Waals surface area contributed by atoms with Crippen LogP contribution in [-0.4, -0.2) is 37.9 Å². The van der Waals surface area contributed by atoms with E-state index in [4.69, 9.17) is 0 Å². The molecule has 3 aromatic rings. The zero-order chi connectivity index (χ0) is 18.4. The highest BCUT2D eigenvalue weighted by Crippen LogP contribution is 2.33. The van der Waals surface area contributed by atoms with Gasteiger partial charge < -0.3 is 10.2 Å². The summed E-state index contributed by atoms with van der Waals surface area (Å²) in [5.74, 6) is 0.839. The van der Waals surface area contributed by atoms with Crippen molar-refractivity contribution in [3.8, 4) is 0 Å². The van der Waals surface area contributed by atoms with Gasteiger partial charge in [0.15, 0.2) is 11.5 Å². The third-order valence-electron chi connectivity index (χ3n) is 5.40. The van der Waals surface area contributed by atoms with Crippen LogP contribution in [0.4, 0.5) is 5.69 Å². The Kier molecular flexibility index (Phi) is 3.67. The molecule has 0 bridgehead atoms. The third-order valence-corrected chi connectivity index (χ3v) is 5.40. The molecule has 0 aliphatic carbocycles. The second kappa shape index (κ2) is 6.19. The molecule has 4 heterocycles. The highest BCUT2D eigenvalue weighted by molar-refractivity contribution is 5.98. The van der Waals surface area contributed by atoms with Crippen molar-refractivity contribution in [2.75, 3.05) is 11.9 Å². The first kappa shape index (κ1) is 16.0. The van der Waals surface area contributed by atoms with E-state index in [1.165, 1.54) is 0 Å². The van der Waals surface area contributed by atoms with Gasteiger partial charge in [0.05, 0.1) is 6.04 Å². The van der Waals surface area contributed by atoms with Gasteiger partial charge in [-0.3, -0.25) is 14.0 Å². The molecule has 136 valence electrons. The first-order valence-electron chi connectivity index (χ1n) is 9.24. The van der Waals surface area contributed by atoms with Crippen molar-refractivity contribution in [3.05, 3.63) is 59.5 Å². The minimum Gasteiger partial charge on any atom is -0.328 e. The van der Waals surface area contributed by atoms with E-state index in [-0.39, 0.29) is 17.9 Å². The van der Waals surface area contributed by atoms with E-state index in [9.17, 15) is 9.59 Å². The van der Waals surface area contributed by atoms with Crippen LogP contribution in [0.5, 0.6) is 0 Å². The monoisotopic (exact) mass is 361 g/mol. The number of aromatic nitrogens is 3. The Bertz CT molecular complexity index is 1060. The van der Waals surface area contributed by atoms with Gasteiger partial charge in [-0.05, 0) is 55.2 Å². The molecule has 0 radical (unpaired) electrons. The lowest BCUT2D eigenvalue weighted by molar-refractivity contribution is -0.116. The predicted molar refractivity (Wildman–Crippen MR) is 99.4 cm³/mol. The SMILES string of the molecule is O=C1CCc2cc(C(=O)N3CCCC3c3nnc4ccccn34)ccc2N1. The molecule has 27 heavy (non-hydrogen) atoms. The zero-order valence-corrected chi connectivity index (χ0v) is 14.8. The van der Waals surface area contributed by atoms with Crippen LogP contribution in [0, 0.1) is 0 Å². The molecule has 1 saturated heterocycles. The van der Waals surface area contributed by atoms with Crippen LogP contribution < -0.4 is 5.32 Å². The van der Waals surface area contributed by atoms with Crippen molar-refractivity contribution in [2.24, 2.45) is 0 Å². The van der Waals surface area contributed by atoms with Crippen LogP contribution in [0.25, 0.3) is 5.65 Å². The van der Waals surface area contributed by atoms with Crippen LogP contribution >= 0.6 is 0 Å². The number of nitrogens with one attached hydrogen (secondary N) is 1. The molecule has 0 spiro atoms. The average molecular weight is 361 g/mol. The summed E-state index contributed by atoms with van der Waals surface area (Å²) in [6.07, 6.45) is 4.89. The van der Waals surface area contributed by atoms with Crippen LogP contribution in [0.15, 0.2) is 42.6 Å². The Morgan fingerprint density at radius 1 is 1.15 bits per heavy atom. The number of pyridine rings is 1.